The molecular formula is C17H25BF2O2. The first kappa shape index (κ1) is 17.4. The number of hydrogen-bond donors (Lipinski definition) is 0. The summed E-state index contributed by atoms with van der Waals surface area (Å²) in [6.45, 7) is 12.5. The molecule has 0 atom stereocenters. The Bertz CT molecular complexity index is 529. The van der Waals surface area contributed by atoms with E-state index in [1.807, 2.05) is 27.7 Å². The smallest absolute Gasteiger partial charge is 0.399 e. The van der Waals surface area contributed by atoms with Gasteiger partial charge in [-0.3, -0.25) is 0 Å². The van der Waals surface area contributed by atoms with Gasteiger partial charge in [0.15, 0.2) is 0 Å². The molecule has 1 aliphatic heterocycles. The molecule has 1 saturated heterocycles. The van der Waals surface area contributed by atoms with E-state index in [1.54, 1.807) is 12.1 Å². The largest absolute Gasteiger partial charge is 0.494 e. The number of halogens is 2. The van der Waals surface area contributed by atoms with Gasteiger partial charge in [0, 0.05) is 11.0 Å². The van der Waals surface area contributed by atoms with Gasteiger partial charge < -0.3 is 9.31 Å². The molecule has 1 heterocycles. The van der Waals surface area contributed by atoms with Crippen LogP contribution in [0.4, 0.5) is 8.78 Å². The molecule has 0 spiro atoms. The topological polar surface area (TPSA) is 18.5 Å². The van der Waals surface area contributed by atoms with E-state index in [1.165, 1.54) is 32.9 Å². The van der Waals surface area contributed by atoms with Crippen molar-refractivity contribution >= 4 is 12.6 Å². The molecule has 1 fully saturated rings. The number of alkyl halides is 2. The van der Waals surface area contributed by atoms with Crippen LogP contribution in [0, 0.1) is 5.41 Å². The van der Waals surface area contributed by atoms with Gasteiger partial charge in [-0.2, -0.15) is 0 Å². The lowest BCUT2D eigenvalue weighted by Crippen LogP contribution is -2.41. The summed E-state index contributed by atoms with van der Waals surface area (Å²) >= 11 is 0. The summed E-state index contributed by atoms with van der Waals surface area (Å²) in [7, 11) is -0.526. The summed E-state index contributed by atoms with van der Waals surface area (Å²) in [5.41, 5.74) is -1.23. The first-order valence-electron chi connectivity index (χ1n) is 7.62. The second kappa shape index (κ2) is 5.03. The standard InChI is InChI=1S/C17H25BF2O2/c1-14(2,3)17(19,20)12-8-10-13(11-9-12)18-21-15(4,5)16(6,7)22-18/h8-11H,1-7H3. The Kier molecular flexibility index (Phi) is 3.99. The third-order valence-electron chi connectivity index (χ3n) is 4.74. The van der Waals surface area contributed by atoms with Crippen LogP contribution in [-0.4, -0.2) is 18.3 Å². The molecule has 0 bridgehead atoms. The van der Waals surface area contributed by atoms with E-state index >= 15 is 0 Å². The zero-order valence-electron chi connectivity index (χ0n) is 14.5. The molecule has 0 N–H and O–H groups in total. The third-order valence-corrected chi connectivity index (χ3v) is 4.74. The molecule has 122 valence electrons. The molecule has 2 nitrogen and oxygen atoms in total. The van der Waals surface area contributed by atoms with Crippen molar-refractivity contribution in [1.29, 1.82) is 0 Å². The zero-order valence-corrected chi connectivity index (χ0v) is 14.5. The monoisotopic (exact) mass is 310 g/mol. The summed E-state index contributed by atoms with van der Waals surface area (Å²) in [6, 6.07) is 6.26. The van der Waals surface area contributed by atoms with Crippen LogP contribution in [0.25, 0.3) is 0 Å². The highest BCUT2D eigenvalue weighted by atomic mass is 19.3. The van der Waals surface area contributed by atoms with Crippen molar-refractivity contribution in [1.82, 2.24) is 0 Å². The van der Waals surface area contributed by atoms with Gasteiger partial charge in [-0.05, 0) is 33.2 Å². The molecule has 0 unspecified atom stereocenters. The molecule has 22 heavy (non-hydrogen) atoms. The molecule has 0 aromatic heterocycles. The van der Waals surface area contributed by atoms with Gasteiger partial charge in [0.05, 0.1) is 11.2 Å². The minimum Gasteiger partial charge on any atom is -0.399 e. The van der Waals surface area contributed by atoms with Crippen molar-refractivity contribution in [3.05, 3.63) is 29.8 Å². The number of hydrogen-bond acceptors (Lipinski definition) is 2. The average Bonchev–Trinajstić information content (AvgIpc) is 2.57. The highest BCUT2D eigenvalue weighted by Gasteiger charge is 2.52. The van der Waals surface area contributed by atoms with Gasteiger partial charge >= 0.3 is 7.12 Å². The maximum Gasteiger partial charge on any atom is 0.494 e. The zero-order chi connectivity index (χ0) is 17.0. The quantitative estimate of drug-likeness (QED) is 0.765. The van der Waals surface area contributed by atoms with Crippen molar-refractivity contribution in [2.24, 2.45) is 5.41 Å². The first-order chi connectivity index (χ1) is 9.78. The second-order valence-electron chi connectivity index (χ2n) is 8.03. The predicted molar refractivity (Wildman–Crippen MR) is 85.5 cm³/mol. The van der Waals surface area contributed by atoms with Gasteiger partial charge in [-0.15, -0.1) is 0 Å². The van der Waals surface area contributed by atoms with Crippen molar-refractivity contribution < 1.29 is 18.1 Å². The van der Waals surface area contributed by atoms with Gasteiger partial charge in [-0.1, -0.05) is 45.0 Å². The fraction of sp³-hybridized carbons (Fsp3) is 0.647. The van der Waals surface area contributed by atoms with Crippen LogP contribution in [0.5, 0.6) is 0 Å². The Balaban J connectivity index is 2.25. The van der Waals surface area contributed by atoms with Gasteiger partial charge in [0.2, 0.25) is 0 Å². The van der Waals surface area contributed by atoms with E-state index in [0.717, 1.165) is 5.46 Å². The lowest BCUT2D eigenvalue weighted by Gasteiger charge is -2.32. The van der Waals surface area contributed by atoms with Crippen LogP contribution in [0.1, 0.15) is 54.0 Å². The van der Waals surface area contributed by atoms with Crippen LogP contribution in [-0.2, 0) is 15.2 Å². The SMILES string of the molecule is CC(C)(C)C(F)(F)c1ccc(B2OC(C)(C)C(C)(C)O2)cc1. The van der Waals surface area contributed by atoms with E-state index in [9.17, 15) is 8.78 Å². The maximum absolute atomic E-state index is 14.4. The Morgan fingerprint density at radius 2 is 1.27 bits per heavy atom. The predicted octanol–water partition coefficient (Wildman–Crippen LogP) is 4.12. The summed E-state index contributed by atoms with van der Waals surface area (Å²) in [5.74, 6) is -2.89. The fourth-order valence-electron chi connectivity index (χ4n) is 2.26. The van der Waals surface area contributed by atoms with Crippen LogP contribution in [0.15, 0.2) is 24.3 Å². The van der Waals surface area contributed by atoms with E-state index in [4.69, 9.17) is 9.31 Å². The van der Waals surface area contributed by atoms with Gasteiger partial charge in [0.25, 0.3) is 5.92 Å². The molecule has 1 aromatic rings. The van der Waals surface area contributed by atoms with Crippen molar-refractivity contribution in [2.75, 3.05) is 0 Å². The molecular weight excluding hydrogens is 285 g/mol. The first-order valence-corrected chi connectivity index (χ1v) is 7.62. The van der Waals surface area contributed by atoms with E-state index in [2.05, 4.69) is 0 Å². The molecule has 0 saturated carbocycles. The molecule has 2 rings (SSSR count). The Morgan fingerprint density at radius 1 is 0.864 bits per heavy atom. The maximum atomic E-state index is 14.4. The van der Waals surface area contributed by atoms with E-state index in [-0.39, 0.29) is 5.56 Å². The van der Waals surface area contributed by atoms with Crippen LogP contribution >= 0.6 is 0 Å². The minimum atomic E-state index is -2.89. The molecule has 5 heteroatoms. The molecule has 0 radical (unpaired) electrons. The molecule has 0 amide bonds. The van der Waals surface area contributed by atoms with Crippen molar-refractivity contribution in [3.8, 4) is 0 Å². The van der Waals surface area contributed by atoms with E-state index < -0.39 is 29.7 Å². The lowest BCUT2D eigenvalue weighted by atomic mass is 9.77. The summed E-state index contributed by atoms with van der Waals surface area (Å²) in [6.07, 6.45) is 0. The minimum absolute atomic E-state index is 0.0141. The number of benzene rings is 1. The summed E-state index contributed by atoms with van der Waals surface area (Å²) in [4.78, 5) is 0. The normalized spacial score (nSPS) is 21.2. The number of rotatable bonds is 2. The molecule has 1 aromatic carbocycles. The van der Waals surface area contributed by atoms with Gasteiger partial charge in [0.1, 0.15) is 0 Å². The lowest BCUT2D eigenvalue weighted by molar-refractivity contribution is -0.104. The molecule has 1 aliphatic rings. The Morgan fingerprint density at radius 3 is 1.64 bits per heavy atom. The second-order valence-corrected chi connectivity index (χ2v) is 8.03. The van der Waals surface area contributed by atoms with Crippen LogP contribution < -0.4 is 5.46 Å². The Labute approximate surface area is 132 Å². The Hall–Kier alpha value is -0.935. The highest BCUT2D eigenvalue weighted by molar-refractivity contribution is 6.62. The van der Waals surface area contributed by atoms with Crippen LogP contribution in [0.3, 0.4) is 0 Å². The van der Waals surface area contributed by atoms with Crippen molar-refractivity contribution in [2.45, 2.75) is 65.6 Å². The van der Waals surface area contributed by atoms with Crippen LogP contribution in [0.2, 0.25) is 0 Å². The highest BCUT2D eigenvalue weighted by Crippen LogP contribution is 2.44. The third kappa shape index (κ3) is 2.81. The summed E-state index contributed by atoms with van der Waals surface area (Å²) < 4.78 is 40.6. The fourth-order valence-corrected chi connectivity index (χ4v) is 2.26. The van der Waals surface area contributed by atoms with E-state index in [0.29, 0.717) is 0 Å². The molecule has 0 aliphatic carbocycles. The average molecular weight is 310 g/mol. The van der Waals surface area contributed by atoms with Crippen molar-refractivity contribution in [3.63, 3.8) is 0 Å². The summed E-state index contributed by atoms with van der Waals surface area (Å²) in [5, 5.41) is 0. The van der Waals surface area contributed by atoms with Gasteiger partial charge in [-0.25, -0.2) is 8.78 Å².